The lowest BCUT2D eigenvalue weighted by Gasteiger charge is -2.41. The van der Waals surface area contributed by atoms with Crippen molar-refractivity contribution in [3.05, 3.63) is 46.2 Å². The van der Waals surface area contributed by atoms with Gasteiger partial charge in [-0.1, -0.05) is 30.2 Å². The lowest BCUT2D eigenvalue weighted by Crippen LogP contribution is -2.54. The molecule has 8 heteroatoms. The van der Waals surface area contributed by atoms with Crippen LogP contribution < -0.4 is 5.32 Å². The number of nitrogens with one attached hydrogen (secondary N) is 1. The maximum Gasteiger partial charge on any atom is 0.338 e. The Hall–Kier alpha value is -2.87. The highest BCUT2D eigenvalue weighted by Crippen LogP contribution is 2.34. The predicted molar refractivity (Wildman–Crippen MR) is 134 cm³/mol. The molecule has 190 valence electrons. The number of hydrogen-bond acceptors (Lipinski definition) is 5. The van der Waals surface area contributed by atoms with E-state index < -0.39 is 12.0 Å². The van der Waals surface area contributed by atoms with Crippen molar-refractivity contribution in [1.29, 1.82) is 0 Å². The van der Waals surface area contributed by atoms with Crippen molar-refractivity contribution in [2.45, 2.75) is 53.0 Å². The van der Waals surface area contributed by atoms with Crippen molar-refractivity contribution >= 4 is 17.9 Å². The molecule has 1 aliphatic carbocycles. The zero-order valence-corrected chi connectivity index (χ0v) is 21.4. The third kappa shape index (κ3) is 5.22. The molecule has 4 rings (SSSR count). The molecule has 2 heterocycles. The molecular weight excluding hydrogens is 444 g/mol. The Morgan fingerprint density at radius 2 is 1.80 bits per heavy atom. The largest absolute Gasteiger partial charge is 0.463 e. The number of carbonyl (C=O) groups excluding carboxylic acids is 3. The first kappa shape index (κ1) is 25.2. The number of amides is 3. The van der Waals surface area contributed by atoms with Gasteiger partial charge in [0, 0.05) is 50.9 Å². The number of ether oxygens (including phenoxy) is 1. The molecule has 2 fully saturated rings. The number of hydrogen-bond donors (Lipinski definition) is 1. The lowest BCUT2D eigenvalue weighted by molar-refractivity contribution is -0.140. The maximum atomic E-state index is 13.3. The van der Waals surface area contributed by atoms with Crippen LogP contribution in [0.25, 0.3) is 0 Å². The van der Waals surface area contributed by atoms with E-state index in [-0.39, 0.29) is 24.5 Å². The van der Waals surface area contributed by atoms with Gasteiger partial charge in [0.05, 0.1) is 18.2 Å². The molecule has 2 aliphatic heterocycles. The quantitative estimate of drug-likeness (QED) is 0.604. The van der Waals surface area contributed by atoms with Crippen molar-refractivity contribution in [3.63, 3.8) is 0 Å². The molecule has 1 atom stereocenters. The van der Waals surface area contributed by atoms with Gasteiger partial charge in [-0.05, 0) is 51.7 Å². The topological polar surface area (TPSA) is 82.2 Å². The van der Waals surface area contributed by atoms with Crippen molar-refractivity contribution in [2.75, 3.05) is 45.9 Å². The van der Waals surface area contributed by atoms with Gasteiger partial charge in [-0.15, -0.1) is 0 Å². The summed E-state index contributed by atoms with van der Waals surface area (Å²) in [6, 6.07) is 5.27. The molecule has 0 radical (unpaired) electrons. The number of nitrogens with zero attached hydrogens (tertiary/aromatic N) is 3. The summed E-state index contributed by atoms with van der Waals surface area (Å²) >= 11 is 0. The molecule has 1 N–H and O–H groups in total. The van der Waals surface area contributed by atoms with Crippen molar-refractivity contribution < 1.29 is 19.1 Å². The van der Waals surface area contributed by atoms with Gasteiger partial charge in [-0.25, -0.2) is 9.59 Å². The molecule has 3 amide bonds. The molecule has 0 spiro atoms. The molecule has 8 nitrogen and oxygen atoms in total. The molecule has 0 bridgehead atoms. The second kappa shape index (κ2) is 10.8. The second-order valence-electron chi connectivity index (χ2n) is 9.80. The Bertz CT molecular complexity index is 1010. The molecule has 3 aliphatic rings. The third-order valence-corrected chi connectivity index (χ3v) is 7.50. The van der Waals surface area contributed by atoms with Gasteiger partial charge in [0.15, 0.2) is 0 Å². The van der Waals surface area contributed by atoms with E-state index in [9.17, 15) is 14.4 Å². The molecule has 1 aromatic carbocycles. The van der Waals surface area contributed by atoms with E-state index in [1.54, 1.807) is 11.8 Å². The second-order valence-corrected chi connectivity index (χ2v) is 9.80. The average molecular weight is 483 g/mol. The van der Waals surface area contributed by atoms with Gasteiger partial charge in [0.1, 0.15) is 0 Å². The summed E-state index contributed by atoms with van der Waals surface area (Å²) in [6.07, 6.45) is 3.17. The molecule has 1 saturated carbocycles. The minimum Gasteiger partial charge on any atom is -0.463 e. The summed E-state index contributed by atoms with van der Waals surface area (Å²) in [4.78, 5) is 45.0. The Morgan fingerprint density at radius 1 is 1.09 bits per heavy atom. The number of rotatable bonds is 7. The number of benzene rings is 1. The highest BCUT2D eigenvalue weighted by molar-refractivity contribution is 5.95. The van der Waals surface area contributed by atoms with Gasteiger partial charge in [0.25, 0.3) is 0 Å². The number of esters is 1. The fraction of sp³-hybridized carbons (Fsp3) is 0.593. The lowest BCUT2D eigenvalue weighted by atomic mass is 9.84. The molecule has 35 heavy (non-hydrogen) atoms. The fourth-order valence-corrected chi connectivity index (χ4v) is 5.29. The first-order valence-corrected chi connectivity index (χ1v) is 12.9. The van der Waals surface area contributed by atoms with Crippen LogP contribution >= 0.6 is 0 Å². The van der Waals surface area contributed by atoms with E-state index in [1.807, 2.05) is 37.8 Å². The zero-order chi connectivity index (χ0) is 25.1. The predicted octanol–water partition coefficient (Wildman–Crippen LogP) is 3.15. The van der Waals surface area contributed by atoms with Gasteiger partial charge in [-0.2, -0.15) is 0 Å². The minimum absolute atomic E-state index is 0.204. The van der Waals surface area contributed by atoms with Crippen LogP contribution in [0.3, 0.4) is 0 Å². The number of likely N-dealkylation sites (N-methyl/N-ethyl adjacent to an activating group) is 1. The van der Waals surface area contributed by atoms with Crippen LogP contribution in [0, 0.1) is 19.8 Å². The SMILES string of the molecule is CCOC(=O)C1=C(CN2CCN(C(=O)C3CCC3)CC2)N(CC)C(=O)NC1c1ccc(C)cc1C. The van der Waals surface area contributed by atoms with Crippen molar-refractivity contribution in [3.8, 4) is 0 Å². The number of carbonyl (C=O) groups is 3. The van der Waals surface area contributed by atoms with Gasteiger partial charge < -0.3 is 15.0 Å². The standard InChI is InChI=1S/C27H38N4O4/c1-5-31-22(17-29-12-14-30(15-13-29)25(32)20-8-7-9-20)23(26(33)35-6-2)24(28-27(31)34)21-11-10-18(3)16-19(21)4/h10-11,16,20,24H,5-9,12-15,17H2,1-4H3,(H,28,34). The Labute approximate surface area is 208 Å². The summed E-state index contributed by atoms with van der Waals surface area (Å²) in [5.41, 5.74) is 4.23. The van der Waals surface area contributed by atoms with Crippen LogP contribution in [-0.2, 0) is 14.3 Å². The molecule has 1 saturated heterocycles. The Balaban J connectivity index is 1.63. The maximum absolute atomic E-state index is 13.3. The Kier molecular flexibility index (Phi) is 7.79. The Morgan fingerprint density at radius 3 is 2.37 bits per heavy atom. The number of piperazine rings is 1. The van der Waals surface area contributed by atoms with Gasteiger partial charge >= 0.3 is 12.0 Å². The summed E-state index contributed by atoms with van der Waals surface area (Å²) in [7, 11) is 0. The van der Waals surface area contributed by atoms with E-state index in [1.165, 1.54) is 0 Å². The molecule has 1 aromatic rings. The van der Waals surface area contributed by atoms with E-state index in [4.69, 9.17) is 4.74 Å². The average Bonchev–Trinajstić information content (AvgIpc) is 2.78. The molecule has 0 aromatic heterocycles. The normalized spacial score (nSPS) is 21.6. The van der Waals surface area contributed by atoms with Crippen LogP contribution in [-0.4, -0.2) is 78.5 Å². The monoisotopic (exact) mass is 482 g/mol. The molecule has 1 unspecified atom stereocenters. The van der Waals surface area contributed by atoms with Crippen molar-refractivity contribution in [1.82, 2.24) is 20.0 Å². The van der Waals surface area contributed by atoms with Crippen LogP contribution in [0.5, 0.6) is 0 Å². The van der Waals surface area contributed by atoms with Crippen molar-refractivity contribution in [2.24, 2.45) is 5.92 Å². The van der Waals surface area contributed by atoms with Gasteiger partial charge in [0.2, 0.25) is 5.91 Å². The van der Waals surface area contributed by atoms with E-state index in [2.05, 4.69) is 16.3 Å². The van der Waals surface area contributed by atoms with Crippen LogP contribution in [0.1, 0.15) is 55.8 Å². The minimum atomic E-state index is -0.568. The van der Waals surface area contributed by atoms with Crippen LogP contribution in [0.2, 0.25) is 0 Å². The highest BCUT2D eigenvalue weighted by Gasteiger charge is 2.39. The highest BCUT2D eigenvalue weighted by atomic mass is 16.5. The van der Waals surface area contributed by atoms with Crippen LogP contribution in [0.15, 0.2) is 29.5 Å². The third-order valence-electron chi connectivity index (χ3n) is 7.50. The fourth-order valence-electron chi connectivity index (χ4n) is 5.29. The summed E-state index contributed by atoms with van der Waals surface area (Å²) < 4.78 is 5.49. The summed E-state index contributed by atoms with van der Waals surface area (Å²) in [5, 5.41) is 3.05. The van der Waals surface area contributed by atoms with E-state index in [0.717, 1.165) is 36.0 Å². The molecular formula is C27H38N4O4. The smallest absolute Gasteiger partial charge is 0.338 e. The van der Waals surface area contributed by atoms with E-state index in [0.29, 0.717) is 50.5 Å². The summed E-state index contributed by atoms with van der Waals surface area (Å²) in [5.74, 6) is 0.0880. The number of urea groups is 1. The summed E-state index contributed by atoms with van der Waals surface area (Å²) in [6.45, 7) is 11.7. The first-order chi connectivity index (χ1) is 16.8. The first-order valence-electron chi connectivity index (χ1n) is 12.9. The zero-order valence-electron chi connectivity index (χ0n) is 21.4. The van der Waals surface area contributed by atoms with E-state index >= 15 is 0 Å². The van der Waals surface area contributed by atoms with Gasteiger partial charge in [-0.3, -0.25) is 14.6 Å². The van der Waals surface area contributed by atoms with Crippen LogP contribution in [0.4, 0.5) is 4.79 Å². The number of aryl methyl sites for hydroxylation is 2.